The highest BCUT2D eigenvalue weighted by atomic mass is 16.6. The Morgan fingerprint density at radius 2 is 1.73 bits per heavy atom. The van der Waals surface area contributed by atoms with E-state index in [1.807, 2.05) is 6.92 Å². The maximum atomic E-state index is 14.3. The first kappa shape index (κ1) is 37.8. The SMILES string of the molecule is CCCCOC(=O)N(CC(=O)NC1C=C(N(C)C)C2=C(C(=O)C3=C[C@@]4(O)C(=O)C(C(N)=O)=C(O)[C@@H](N(C)C)[C@@H]4C[C@@H]3C2)C1(O)O)C(C)(C)C. The number of allylic oxidation sites excluding steroid dienone is 2. The fraction of sp³-hybridized carbons (Fsp3) is 0.618. The van der Waals surface area contributed by atoms with Gasteiger partial charge in [0.25, 0.3) is 5.91 Å². The minimum atomic E-state index is -2.94. The van der Waals surface area contributed by atoms with Gasteiger partial charge in [0.05, 0.1) is 18.2 Å². The van der Waals surface area contributed by atoms with E-state index >= 15 is 0 Å². The predicted molar refractivity (Wildman–Crippen MR) is 176 cm³/mol. The first-order valence-corrected chi connectivity index (χ1v) is 16.3. The molecule has 0 fully saturated rings. The van der Waals surface area contributed by atoms with Gasteiger partial charge in [-0.2, -0.15) is 0 Å². The molecule has 4 rings (SSSR count). The Bertz CT molecular complexity index is 1570. The molecule has 0 spiro atoms. The molecule has 15 heteroatoms. The highest BCUT2D eigenvalue weighted by Crippen LogP contribution is 2.52. The summed E-state index contributed by atoms with van der Waals surface area (Å²) in [6.45, 7) is 6.80. The van der Waals surface area contributed by atoms with Crippen molar-refractivity contribution in [1.29, 1.82) is 0 Å². The van der Waals surface area contributed by atoms with Crippen molar-refractivity contribution in [2.24, 2.45) is 17.6 Å². The average molecular weight is 688 g/mol. The summed E-state index contributed by atoms with van der Waals surface area (Å²) < 4.78 is 5.33. The molecule has 0 bridgehead atoms. The molecule has 4 aliphatic carbocycles. The van der Waals surface area contributed by atoms with Gasteiger partial charge in [-0.25, -0.2) is 4.79 Å². The number of Topliss-reactive ketones (excluding diaryl/α,β-unsaturated/α-hetero) is 2. The summed E-state index contributed by atoms with van der Waals surface area (Å²) >= 11 is 0. The van der Waals surface area contributed by atoms with E-state index in [4.69, 9.17) is 10.5 Å². The molecule has 7 N–H and O–H groups in total. The van der Waals surface area contributed by atoms with Gasteiger partial charge >= 0.3 is 6.09 Å². The standard InChI is InChI=1S/C34H49N5O10/c1-9-10-11-49-31(45)39(32(2,3)4)16-23(40)36-22-14-21(37(5)6)18-12-17-13-20-26(38(7)8)28(42)24(30(35)44)29(43)33(20,46)15-19(17)27(41)25(18)34(22,47)48/h14-15,17,20,22,26,42,46-48H,9-13,16H2,1-8H3,(H2,35,44)(H,36,40)/t17-,20-,22?,26-,33-/m0/s1. The van der Waals surface area contributed by atoms with Crippen LogP contribution >= 0.6 is 0 Å². The number of hydrogen-bond acceptors (Lipinski definition) is 12. The van der Waals surface area contributed by atoms with Gasteiger partial charge in [0, 0.05) is 36.8 Å². The van der Waals surface area contributed by atoms with Crippen molar-refractivity contribution in [2.45, 2.75) is 82.4 Å². The number of primary amides is 1. The summed E-state index contributed by atoms with van der Waals surface area (Å²) in [4.78, 5) is 70.8. The van der Waals surface area contributed by atoms with Crippen molar-refractivity contribution in [1.82, 2.24) is 20.0 Å². The zero-order chi connectivity index (χ0) is 37.0. The predicted octanol–water partition coefficient (Wildman–Crippen LogP) is 0.0217. The summed E-state index contributed by atoms with van der Waals surface area (Å²) in [6, 6.07) is -2.54. The van der Waals surface area contributed by atoms with Gasteiger partial charge in [-0.05, 0) is 77.8 Å². The Morgan fingerprint density at radius 1 is 1.10 bits per heavy atom. The molecule has 270 valence electrons. The normalized spacial score (nSPS) is 27.8. The third kappa shape index (κ3) is 6.64. The summed E-state index contributed by atoms with van der Waals surface area (Å²) in [7, 11) is 6.59. The molecule has 3 amide bonds. The summed E-state index contributed by atoms with van der Waals surface area (Å²) in [5.74, 6) is -9.10. The van der Waals surface area contributed by atoms with Crippen molar-refractivity contribution in [2.75, 3.05) is 41.3 Å². The number of carbonyl (C=O) groups is 5. The van der Waals surface area contributed by atoms with E-state index in [0.717, 1.165) is 12.5 Å². The van der Waals surface area contributed by atoms with Crippen LogP contribution in [0.5, 0.6) is 0 Å². The van der Waals surface area contributed by atoms with Crippen LogP contribution in [-0.4, -0.2) is 135 Å². The molecule has 0 radical (unpaired) electrons. The van der Waals surface area contributed by atoms with E-state index in [-0.39, 0.29) is 25.0 Å². The lowest BCUT2D eigenvalue weighted by molar-refractivity contribution is -0.158. The zero-order valence-electron chi connectivity index (χ0n) is 29.4. The van der Waals surface area contributed by atoms with Crippen LogP contribution < -0.4 is 11.1 Å². The fourth-order valence-corrected chi connectivity index (χ4v) is 7.28. The first-order chi connectivity index (χ1) is 22.6. The minimum Gasteiger partial charge on any atom is -0.510 e. The van der Waals surface area contributed by atoms with Gasteiger partial charge < -0.3 is 41.1 Å². The highest BCUT2D eigenvalue weighted by Gasteiger charge is 2.60. The monoisotopic (exact) mass is 687 g/mol. The van der Waals surface area contributed by atoms with Crippen molar-refractivity contribution in [3.63, 3.8) is 0 Å². The molecule has 0 aliphatic heterocycles. The molecule has 5 atom stereocenters. The van der Waals surface area contributed by atoms with E-state index in [9.17, 15) is 44.4 Å². The van der Waals surface area contributed by atoms with Gasteiger partial charge in [0.1, 0.15) is 23.9 Å². The van der Waals surface area contributed by atoms with Crippen LogP contribution in [0.25, 0.3) is 0 Å². The van der Waals surface area contributed by atoms with Gasteiger partial charge in [-0.3, -0.25) is 29.0 Å². The Hall–Kier alpha value is -4.05. The second kappa shape index (κ2) is 13.3. The molecule has 0 aromatic rings. The Kier molecular flexibility index (Phi) is 10.3. The molecule has 0 aromatic carbocycles. The van der Waals surface area contributed by atoms with Crippen LogP contribution in [0.2, 0.25) is 0 Å². The Labute approximate surface area is 285 Å². The zero-order valence-corrected chi connectivity index (χ0v) is 29.4. The van der Waals surface area contributed by atoms with E-state index in [1.54, 1.807) is 58.8 Å². The number of aliphatic hydroxyl groups is 4. The number of amides is 3. The minimum absolute atomic E-state index is 0.0251. The smallest absolute Gasteiger partial charge is 0.410 e. The molecule has 15 nitrogen and oxygen atoms in total. The quantitative estimate of drug-likeness (QED) is 0.107. The van der Waals surface area contributed by atoms with Crippen LogP contribution in [0.15, 0.2) is 45.9 Å². The van der Waals surface area contributed by atoms with Crippen LogP contribution in [0.3, 0.4) is 0 Å². The number of likely N-dealkylation sites (N-methyl/N-ethyl adjacent to an activating group) is 2. The third-order valence-corrected chi connectivity index (χ3v) is 9.76. The molecule has 0 saturated heterocycles. The number of nitrogens with one attached hydrogen (secondary N) is 1. The maximum absolute atomic E-state index is 14.3. The Morgan fingerprint density at radius 3 is 2.27 bits per heavy atom. The van der Waals surface area contributed by atoms with Gasteiger partial charge in [-0.1, -0.05) is 13.3 Å². The third-order valence-electron chi connectivity index (χ3n) is 9.76. The van der Waals surface area contributed by atoms with Gasteiger partial charge in [0.2, 0.25) is 17.5 Å². The first-order valence-electron chi connectivity index (χ1n) is 16.3. The number of hydrogen-bond donors (Lipinski definition) is 6. The van der Waals surface area contributed by atoms with Crippen molar-refractivity contribution in [3.8, 4) is 0 Å². The van der Waals surface area contributed by atoms with Gasteiger partial charge in [-0.15, -0.1) is 0 Å². The number of ether oxygens (including phenoxy) is 1. The molecule has 49 heavy (non-hydrogen) atoms. The van der Waals surface area contributed by atoms with Gasteiger partial charge in [0.15, 0.2) is 11.4 Å². The van der Waals surface area contributed by atoms with Crippen molar-refractivity contribution in [3.05, 3.63) is 45.9 Å². The summed E-state index contributed by atoms with van der Waals surface area (Å²) in [6.07, 6.45) is 3.33. The number of fused-ring (bicyclic) bond motifs is 2. The second-order valence-corrected chi connectivity index (χ2v) is 14.7. The largest absolute Gasteiger partial charge is 0.510 e. The Balaban J connectivity index is 1.71. The molecule has 0 aromatic heterocycles. The van der Waals surface area contributed by atoms with Crippen LogP contribution in [-0.2, 0) is 23.9 Å². The number of unbranched alkanes of at least 4 members (excludes halogenated alkanes) is 1. The van der Waals surface area contributed by atoms with Crippen LogP contribution in [0.4, 0.5) is 4.79 Å². The van der Waals surface area contributed by atoms with E-state index < -0.39 is 93.8 Å². The van der Waals surface area contributed by atoms with E-state index in [1.165, 1.54) is 11.0 Å². The number of rotatable bonds is 9. The highest BCUT2D eigenvalue weighted by molar-refractivity contribution is 6.24. The lowest BCUT2D eigenvalue weighted by atomic mass is 9.58. The van der Waals surface area contributed by atoms with E-state index in [0.29, 0.717) is 17.7 Å². The fourth-order valence-electron chi connectivity index (χ4n) is 7.28. The number of ketones is 2. The van der Waals surface area contributed by atoms with Crippen molar-refractivity contribution < 1.29 is 49.1 Å². The molecular weight excluding hydrogens is 638 g/mol. The van der Waals surface area contributed by atoms with Crippen LogP contribution in [0, 0.1) is 11.8 Å². The number of nitrogens with zero attached hydrogens (tertiary/aromatic N) is 3. The topological polar surface area (TPSA) is 223 Å². The lowest BCUT2D eigenvalue weighted by Gasteiger charge is -2.50. The molecule has 4 aliphatic rings. The number of nitrogens with two attached hydrogens (primary N) is 1. The maximum Gasteiger partial charge on any atom is 0.410 e. The molecular formula is C34H49N5O10. The summed E-state index contributed by atoms with van der Waals surface area (Å²) in [5, 5.41) is 48.6. The molecule has 1 unspecified atom stereocenters. The lowest BCUT2D eigenvalue weighted by Crippen LogP contribution is -2.63. The number of aliphatic hydroxyl groups excluding tert-OH is 1. The average Bonchev–Trinajstić information content (AvgIpc) is 2.96. The van der Waals surface area contributed by atoms with E-state index in [2.05, 4.69) is 5.32 Å². The molecule has 0 saturated carbocycles. The second-order valence-electron chi connectivity index (χ2n) is 14.7. The molecule has 0 heterocycles. The van der Waals surface area contributed by atoms with Crippen LogP contribution in [0.1, 0.15) is 53.4 Å². The summed E-state index contributed by atoms with van der Waals surface area (Å²) in [5.41, 5.74) is 1.63. The van der Waals surface area contributed by atoms with Crippen molar-refractivity contribution >= 4 is 29.5 Å². The number of carbonyl (C=O) groups excluding carboxylic acids is 5.